The van der Waals surface area contributed by atoms with Crippen molar-refractivity contribution in [3.8, 4) is 21.6 Å². The first-order valence-electron chi connectivity index (χ1n) is 10.2. The van der Waals surface area contributed by atoms with E-state index in [1.807, 2.05) is 12.1 Å². The Balaban J connectivity index is 1.74. The molecular formula is C25H29FS. The van der Waals surface area contributed by atoms with Gasteiger partial charge >= 0.3 is 0 Å². The Kier molecular flexibility index (Phi) is 7.23. The number of thiophene rings is 1. The maximum Gasteiger partial charge on any atom is 0.132 e. The van der Waals surface area contributed by atoms with Crippen LogP contribution in [0.1, 0.15) is 56.4 Å². The number of halogens is 1. The van der Waals surface area contributed by atoms with Crippen LogP contribution in [-0.2, 0) is 12.8 Å². The molecule has 3 rings (SSSR count). The summed E-state index contributed by atoms with van der Waals surface area (Å²) in [6.45, 7) is 4.43. The summed E-state index contributed by atoms with van der Waals surface area (Å²) < 4.78 is 14.8. The maximum atomic E-state index is 14.8. The standard InChI is InChI=1S/C25H29FS/c1-3-5-7-9-22-15-17-25(27-22)23-16-14-21(18-24(23)26)20-12-10-19(11-13-20)8-6-4-2/h10-18H,3-9H2,1-2H3. The number of unbranched alkanes of at least 4 members (excludes halogenated alkanes) is 3. The molecule has 142 valence electrons. The summed E-state index contributed by atoms with van der Waals surface area (Å²) in [6.07, 6.45) is 8.33. The first-order valence-corrected chi connectivity index (χ1v) is 11.0. The molecule has 0 fully saturated rings. The minimum absolute atomic E-state index is 0.135. The van der Waals surface area contributed by atoms with Crippen molar-refractivity contribution in [1.29, 1.82) is 0 Å². The van der Waals surface area contributed by atoms with E-state index in [2.05, 4.69) is 50.2 Å². The van der Waals surface area contributed by atoms with E-state index in [1.54, 1.807) is 17.4 Å². The summed E-state index contributed by atoms with van der Waals surface area (Å²) in [4.78, 5) is 2.38. The topological polar surface area (TPSA) is 0 Å². The number of aryl methyl sites for hydroxylation is 2. The predicted molar refractivity (Wildman–Crippen MR) is 117 cm³/mol. The van der Waals surface area contributed by atoms with Gasteiger partial charge in [0.15, 0.2) is 0 Å². The Hall–Kier alpha value is -1.93. The largest absolute Gasteiger partial charge is 0.206 e. The molecule has 0 N–H and O–H groups in total. The van der Waals surface area contributed by atoms with Crippen molar-refractivity contribution < 1.29 is 4.39 Å². The zero-order valence-electron chi connectivity index (χ0n) is 16.4. The van der Waals surface area contributed by atoms with E-state index in [9.17, 15) is 4.39 Å². The van der Waals surface area contributed by atoms with Crippen molar-refractivity contribution in [2.24, 2.45) is 0 Å². The summed E-state index contributed by atoms with van der Waals surface area (Å²) in [5.74, 6) is -0.135. The van der Waals surface area contributed by atoms with E-state index in [4.69, 9.17) is 0 Å². The number of benzene rings is 2. The SMILES string of the molecule is CCCCCc1ccc(-c2ccc(-c3ccc(CCCC)cc3)cc2F)s1. The van der Waals surface area contributed by atoms with E-state index >= 15 is 0 Å². The van der Waals surface area contributed by atoms with Gasteiger partial charge < -0.3 is 0 Å². The molecule has 0 aliphatic heterocycles. The first kappa shape index (κ1) is 19.8. The van der Waals surface area contributed by atoms with Crippen LogP contribution in [0.4, 0.5) is 4.39 Å². The summed E-state index contributed by atoms with van der Waals surface area (Å²) in [7, 11) is 0. The second-order valence-corrected chi connectivity index (χ2v) is 8.39. The van der Waals surface area contributed by atoms with E-state index in [0.29, 0.717) is 5.56 Å². The Bertz CT molecular complexity index is 845. The van der Waals surface area contributed by atoms with E-state index in [-0.39, 0.29) is 5.82 Å². The van der Waals surface area contributed by atoms with Crippen LogP contribution in [0.5, 0.6) is 0 Å². The van der Waals surface area contributed by atoms with Crippen molar-refractivity contribution in [3.05, 3.63) is 70.9 Å². The minimum Gasteiger partial charge on any atom is -0.206 e. The van der Waals surface area contributed by atoms with E-state index < -0.39 is 0 Å². The smallest absolute Gasteiger partial charge is 0.132 e. The highest BCUT2D eigenvalue weighted by molar-refractivity contribution is 7.15. The first-order chi connectivity index (χ1) is 13.2. The summed E-state index contributed by atoms with van der Waals surface area (Å²) >= 11 is 1.72. The molecule has 0 amide bonds. The van der Waals surface area contributed by atoms with Gasteiger partial charge in [0.2, 0.25) is 0 Å². The van der Waals surface area contributed by atoms with Gasteiger partial charge in [-0.05, 0) is 66.6 Å². The Morgan fingerprint density at radius 3 is 2.19 bits per heavy atom. The molecule has 0 saturated heterocycles. The van der Waals surface area contributed by atoms with Gasteiger partial charge in [0.25, 0.3) is 0 Å². The molecule has 0 nitrogen and oxygen atoms in total. The van der Waals surface area contributed by atoms with Gasteiger partial charge in [0, 0.05) is 15.3 Å². The maximum absolute atomic E-state index is 14.8. The van der Waals surface area contributed by atoms with Crippen LogP contribution >= 0.6 is 11.3 Å². The fraction of sp³-hybridized carbons (Fsp3) is 0.360. The lowest BCUT2D eigenvalue weighted by Crippen LogP contribution is -1.87. The quantitative estimate of drug-likeness (QED) is 0.327. The fourth-order valence-electron chi connectivity index (χ4n) is 3.35. The van der Waals surface area contributed by atoms with Crippen LogP contribution in [0, 0.1) is 5.82 Å². The lowest BCUT2D eigenvalue weighted by atomic mass is 10.00. The zero-order valence-corrected chi connectivity index (χ0v) is 17.2. The monoisotopic (exact) mass is 380 g/mol. The van der Waals surface area contributed by atoms with Crippen molar-refractivity contribution >= 4 is 11.3 Å². The zero-order chi connectivity index (χ0) is 19.1. The summed E-state index contributed by atoms with van der Waals surface area (Å²) in [6, 6.07) is 18.4. The number of hydrogen-bond acceptors (Lipinski definition) is 1. The van der Waals surface area contributed by atoms with Crippen molar-refractivity contribution in [2.75, 3.05) is 0 Å². The van der Waals surface area contributed by atoms with Crippen molar-refractivity contribution in [1.82, 2.24) is 0 Å². The fourth-order valence-corrected chi connectivity index (χ4v) is 4.42. The van der Waals surface area contributed by atoms with Gasteiger partial charge in [-0.15, -0.1) is 11.3 Å². The molecule has 3 aromatic rings. The highest BCUT2D eigenvalue weighted by atomic mass is 32.1. The second-order valence-electron chi connectivity index (χ2n) is 7.22. The Labute approximate surface area is 167 Å². The molecular weight excluding hydrogens is 351 g/mol. The van der Waals surface area contributed by atoms with Crippen LogP contribution in [-0.4, -0.2) is 0 Å². The molecule has 1 aromatic heterocycles. The molecule has 0 aliphatic rings. The average Bonchev–Trinajstić information content (AvgIpc) is 3.15. The van der Waals surface area contributed by atoms with Gasteiger partial charge in [-0.25, -0.2) is 4.39 Å². The molecule has 0 spiro atoms. The van der Waals surface area contributed by atoms with Crippen LogP contribution in [0.3, 0.4) is 0 Å². The predicted octanol–water partition coefficient (Wildman–Crippen LogP) is 8.30. The molecule has 0 aliphatic carbocycles. The third-order valence-corrected chi connectivity index (χ3v) is 6.21. The highest BCUT2D eigenvalue weighted by Gasteiger charge is 2.10. The summed E-state index contributed by atoms with van der Waals surface area (Å²) in [5.41, 5.74) is 4.09. The van der Waals surface area contributed by atoms with Gasteiger partial charge in [-0.3, -0.25) is 0 Å². The molecule has 27 heavy (non-hydrogen) atoms. The summed E-state index contributed by atoms with van der Waals surface area (Å²) in [5, 5.41) is 0. The van der Waals surface area contributed by atoms with Gasteiger partial charge in [-0.2, -0.15) is 0 Å². The Morgan fingerprint density at radius 2 is 1.48 bits per heavy atom. The third kappa shape index (κ3) is 5.29. The molecule has 2 aromatic carbocycles. The Morgan fingerprint density at radius 1 is 0.741 bits per heavy atom. The lowest BCUT2D eigenvalue weighted by Gasteiger charge is -2.07. The lowest BCUT2D eigenvalue weighted by molar-refractivity contribution is 0.632. The van der Waals surface area contributed by atoms with Crippen LogP contribution in [0.15, 0.2) is 54.6 Å². The van der Waals surface area contributed by atoms with Crippen LogP contribution < -0.4 is 0 Å². The van der Waals surface area contributed by atoms with Crippen molar-refractivity contribution in [3.63, 3.8) is 0 Å². The highest BCUT2D eigenvalue weighted by Crippen LogP contribution is 2.33. The molecule has 2 heteroatoms. The van der Waals surface area contributed by atoms with Gasteiger partial charge in [0.05, 0.1) is 0 Å². The van der Waals surface area contributed by atoms with Gasteiger partial charge in [-0.1, -0.05) is 63.4 Å². The van der Waals surface area contributed by atoms with Crippen molar-refractivity contribution in [2.45, 2.75) is 58.8 Å². The molecule has 0 radical (unpaired) electrons. The minimum atomic E-state index is -0.135. The average molecular weight is 381 g/mol. The molecule has 0 bridgehead atoms. The molecule has 0 saturated carbocycles. The third-order valence-electron chi connectivity index (χ3n) is 5.03. The molecule has 1 heterocycles. The van der Waals surface area contributed by atoms with Crippen LogP contribution in [0.25, 0.3) is 21.6 Å². The van der Waals surface area contributed by atoms with E-state index in [1.165, 1.54) is 42.5 Å². The normalized spacial score (nSPS) is 11.1. The molecule has 0 unspecified atom stereocenters. The second kappa shape index (κ2) is 9.85. The van der Waals surface area contributed by atoms with Crippen LogP contribution in [0.2, 0.25) is 0 Å². The van der Waals surface area contributed by atoms with Gasteiger partial charge in [0.1, 0.15) is 5.82 Å². The van der Waals surface area contributed by atoms with E-state index in [0.717, 1.165) is 28.8 Å². The number of rotatable bonds is 9. The molecule has 0 atom stereocenters. The number of hydrogen-bond donors (Lipinski definition) is 0.